The summed E-state index contributed by atoms with van der Waals surface area (Å²) >= 11 is 0. The van der Waals surface area contributed by atoms with E-state index in [4.69, 9.17) is 4.74 Å². The van der Waals surface area contributed by atoms with E-state index in [1.165, 1.54) is 24.8 Å². The van der Waals surface area contributed by atoms with E-state index in [0.29, 0.717) is 49.8 Å². The maximum atomic E-state index is 13.6. The molecule has 1 atom stereocenters. The average Bonchev–Trinajstić information content (AvgIpc) is 3.74. The van der Waals surface area contributed by atoms with E-state index in [1.807, 2.05) is 34.1 Å². The number of carbonyl (C=O) groups excluding carboxylic acids is 2. The molecular formula is C37H38FN7O3. The Hall–Kier alpha value is -5.26. The molecule has 0 radical (unpaired) electrons. The number of amides is 2. The van der Waals surface area contributed by atoms with Gasteiger partial charge in [-0.1, -0.05) is 37.8 Å². The van der Waals surface area contributed by atoms with Gasteiger partial charge < -0.3 is 15.0 Å². The first-order valence-electron chi connectivity index (χ1n) is 15.6. The number of nitrogens with zero attached hydrogens (tertiary/aromatic N) is 5. The van der Waals surface area contributed by atoms with Crippen LogP contribution >= 0.6 is 0 Å². The fourth-order valence-electron chi connectivity index (χ4n) is 6.33. The van der Waals surface area contributed by atoms with Gasteiger partial charge in [0, 0.05) is 67.9 Å². The second kappa shape index (κ2) is 13.8. The lowest BCUT2D eigenvalue weighted by Crippen LogP contribution is -2.48. The Bertz CT molecular complexity index is 1940. The van der Waals surface area contributed by atoms with Gasteiger partial charge in [0.1, 0.15) is 5.82 Å². The number of ether oxygens (including phenoxy) is 1. The Morgan fingerprint density at radius 3 is 2.42 bits per heavy atom. The molecule has 48 heavy (non-hydrogen) atoms. The van der Waals surface area contributed by atoms with Gasteiger partial charge in [0.25, 0.3) is 5.91 Å². The van der Waals surface area contributed by atoms with Crippen LogP contribution in [0.3, 0.4) is 0 Å². The van der Waals surface area contributed by atoms with Crippen LogP contribution in [0.2, 0.25) is 0 Å². The van der Waals surface area contributed by atoms with Crippen LogP contribution in [-0.2, 0) is 14.3 Å². The third-order valence-corrected chi connectivity index (χ3v) is 9.05. The summed E-state index contributed by atoms with van der Waals surface area (Å²) in [6.45, 7) is 2.26. The number of aromatic amines is 1. The van der Waals surface area contributed by atoms with Crippen LogP contribution in [0.1, 0.15) is 25.8 Å². The largest absolute Gasteiger partial charge is 0.367 e. The maximum Gasteiger partial charge on any atom is 0.258 e. The van der Waals surface area contributed by atoms with E-state index in [0.717, 1.165) is 34.0 Å². The van der Waals surface area contributed by atoms with Gasteiger partial charge in [0.05, 0.1) is 17.8 Å². The maximum absolute atomic E-state index is 13.6. The molecule has 1 fully saturated rings. The minimum atomic E-state index is -1.09. The zero-order chi connectivity index (χ0) is 32.4. The van der Waals surface area contributed by atoms with E-state index in [2.05, 4.69) is 43.7 Å². The van der Waals surface area contributed by atoms with Crippen molar-refractivity contribution in [2.24, 2.45) is 0 Å². The van der Waals surface area contributed by atoms with Crippen molar-refractivity contribution in [3.63, 3.8) is 0 Å². The Kier molecular flexibility index (Phi) is 9.42. The summed E-state index contributed by atoms with van der Waals surface area (Å²) in [7, 11) is 1.53. The third kappa shape index (κ3) is 6.60. The Labute approximate surface area is 278 Å². The molecule has 2 N–H and O–H groups in total. The lowest BCUT2D eigenvalue weighted by atomic mass is 9.98. The Morgan fingerprint density at radius 1 is 0.979 bits per heavy atom. The minimum Gasteiger partial charge on any atom is -0.367 e. The van der Waals surface area contributed by atoms with Crippen LogP contribution in [0.15, 0.2) is 91.3 Å². The molecule has 0 spiro atoms. The third-order valence-electron chi connectivity index (χ3n) is 9.05. The fraction of sp³-hybridized carbons (Fsp3) is 0.270. The highest BCUT2D eigenvalue weighted by Crippen LogP contribution is 2.31. The number of benzene rings is 3. The molecule has 1 saturated heterocycles. The summed E-state index contributed by atoms with van der Waals surface area (Å²) in [6, 6.07) is 21.6. The summed E-state index contributed by atoms with van der Waals surface area (Å²) in [5, 5.41) is 11.2. The molecule has 2 aliphatic rings. The van der Waals surface area contributed by atoms with Crippen LogP contribution < -0.4 is 5.32 Å². The lowest BCUT2D eigenvalue weighted by molar-refractivity contribution is -0.138. The molecule has 10 nitrogen and oxygen atoms in total. The lowest BCUT2D eigenvalue weighted by Gasteiger charge is -2.30. The van der Waals surface area contributed by atoms with Crippen molar-refractivity contribution in [2.75, 3.05) is 45.2 Å². The quantitative estimate of drug-likeness (QED) is 0.219. The first-order chi connectivity index (χ1) is 22.9. The number of aromatic nitrogens is 4. The number of hydrogen-bond acceptors (Lipinski definition) is 7. The van der Waals surface area contributed by atoms with Gasteiger partial charge in [-0.05, 0) is 72.5 Å². The zero-order valence-corrected chi connectivity index (χ0v) is 25.9. The van der Waals surface area contributed by atoms with Crippen LogP contribution in [0.5, 0.6) is 0 Å². The van der Waals surface area contributed by atoms with Crippen molar-refractivity contribution in [3.8, 4) is 22.6 Å². The number of methoxy groups -OCH3 is 1. The summed E-state index contributed by atoms with van der Waals surface area (Å²) in [6.07, 6.45) is 6.81. The van der Waals surface area contributed by atoms with Crippen molar-refractivity contribution < 1.29 is 18.7 Å². The second-order valence-corrected chi connectivity index (χ2v) is 11.9. The van der Waals surface area contributed by atoms with E-state index in [1.54, 1.807) is 36.7 Å². The molecule has 0 saturated carbocycles. The van der Waals surface area contributed by atoms with Gasteiger partial charge in [-0.15, -0.1) is 0 Å². The highest BCUT2D eigenvalue weighted by molar-refractivity contribution is 6.01. The second-order valence-electron chi connectivity index (χ2n) is 11.9. The van der Waals surface area contributed by atoms with Crippen molar-refractivity contribution in [3.05, 3.63) is 103 Å². The molecule has 11 heteroatoms. The van der Waals surface area contributed by atoms with Gasteiger partial charge in [-0.25, -0.2) is 14.4 Å². The van der Waals surface area contributed by atoms with Crippen molar-refractivity contribution in [1.29, 1.82) is 0 Å². The molecule has 5 aromatic rings. The van der Waals surface area contributed by atoms with Crippen molar-refractivity contribution in [2.45, 2.75) is 25.9 Å². The first-order valence-corrected chi connectivity index (χ1v) is 15.6. The smallest absolute Gasteiger partial charge is 0.258 e. The van der Waals surface area contributed by atoms with E-state index in [-0.39, 0.29) is 31.6 Å². The normalized spacial score (nSPS) is 18.0. The number of likely N-dealkylation sites (tertiary alicyclic amines) is 1. The molecule has 4 heterocycles. The van der Waals surface area contributed by atoms with E-state index in [9.17, 15) is 14.0 Å². The average molecular weight is 648 g/mol. The number of hydrogen-bond donors (Lipinski definition) is 2. The predicted molar refractivity (Wildman–Crippen MR) is 184 cm³/mol. The molecule has 2 aliphatic heterocycles. The molecule has 246 valence electrons. The van der Waals surface area contributed by atoms with Gasteiger partial charge in [-0.3, -0.25) is 19.6 Å². The summed E-state index contributed by atoms with van der Waals surface area (Å²) in [4.78, 5) is 39.4. The Morgan fingerprint density at radius 2 is 1.71 bits per heavy atom. The monoisotopic (exact) mass is 647 g/mol. The number of anilines is 1. The number of fused-ring (bicyclic) bond motifs is 1. The number of halogens is 1. The molecule has 0 aliphatic carbocycles. The highest BCUT2D eigenvalue weighted by atomic mass is 19.1. The van der Waals surface area contributed by atoms with Crippen LogP contribution in [0.25, 0.3) is 39.1 Å². The molecule has 2 aromatic heterocycles. The topological polar surface area (TPSA) is 116 Å². The van der Waals surface area contributed by atoms with E-state index < -0.39 is 5.60 Å². The van der Waals surface area contributed by atoms with Gasteiger partial charge >= 0.3 is 0 Å². The summed E-state index contributed by atoms with van der Waals surface area (Å²) < 4.78 is 19.3. The number of rotatable bonds is 8. The molecule has 7 rings (SSSR count). The van der Waals surface area contributed by atoms with Gasteiger partial charge in [0.2, 0.25) is 5.91 Å². The number of nitrogens with one attached hydrogen (secondary N) is 2. The predicted octanol–water partition coefficient (Wildman–Crippen LogP) is 5.81. The SMILES string of the molecule is C.CO[C@@]1(C(=O)Nc2ccc3[nH]nc(-c4ccc(F)cc4)c3c2)CCN(CC(=O)N2CC=C(c3ccc(-c4ncccn4)cc3)CC2)C1. The first kappa shape index (κ1) is 32.7. The Balaban J connectivity index is 0.00000401. The standard InChI is InChI=1S/C36H34FN7O3.CH4/c1-47-36(35(46)40-29-11-12-31-30(21-29)33(42-41-31)26-7-9-28(37)10-8-26)15-20-43(23-36)22-32(45)44-18-13-25(14-19-44)24-3-5-27(6-4-24)34-38-16-2-17-39-34;/h2-13,16-17,21H,14-15,18-20,22-23H2,1H3,(H,40,46)(H,41,42);1H4/t36-;/m0./s1. The highest BCUT2D eigenvalue weighted by Gasteiger charge is 2.45. The molecular weight excluding hydrogens is 609 g/mol. The van der Waals surface area contributed by atoms with Gasteiger partial charge in [-0.2, -0.15) is 5.10 Å². The van der Waals surface area contributed by atoms with Crippen LogP contribution in [-0.4, -0.2) is 87.2 Å². The molecule has 0 bridgehead atoms. The van der Waals surface area contributed by atoms with Crippen LogP contribution in [0.4, 0.5) is 10.1 Å². The molecule has 0 unspecified atom stereocenters. The molecule has 3 aromatic carbocycles. The van der Waals surface area contributed by atoms with Gasteiger partial charge in [0.15, 0.2) is 11.4 Å². The number of H-pyrrole nitrogens is 1. The van der Waals surface area contributed by atoms with Crippen molar-refractivity contribution >= 4 is 34.0 Å². The van der Waals surface area contributed by atoms with E-state index >= 15 is 0 Å². The summed E-state index contributed by atoms with van der Waals surface area (Å²) in [5.41, 5.74) is 5.04. The number of carbonyl (C=O) groups is 2. The van der Waals surface area contributed by atoms with Crippen LogP contribution in [0, 0.1) is 5.82 Å². The van der Waals surface area contributed by atoms with Crippen molar-refractivity contribution in [1.82, 2.24) is 30.0 Å². The minimum absolute atomic E-state index is 0. The summed E-state index contributed by atoms with van der Waals surface area (Å²) in [5.74, 6) is 0.135. The zero-order valence-electron chi connectivity index (χ0n) is 25.9. The fourth-order valence-corrected chi connectivity index (χ4v) is 6.33. The molecule has 2 amide bonds.